The molecule has 0 aromatic heterocycles. The first-order chi connectivity index (χ1) is 17.0. The first-order valence-corrected chi connectivity index (χ1v) is 15.8. The molecule has 0 heterocycles. The molecule has 10 nitrogen and oxygen atoms in total. The summed E-state index contributed by atoms with van der Waals surface area (Å²) in [7, 11) is -5.72. The second-order valence-corrected chi connectivity index (χ2v) is 12.6. The van der Waals surface area contributed by atoms with Gasteiger partial charge in [-0.3, -0.25) is 18.9 Å². The Labute approximate surface area is 240 Å². The van der Waals surface area contributed by atoms with E-state index < -0.39 is 21.9 Å². The minimum atomic E-state index is -4.68. The molecule has 0 aliphatic heterocycles. The molecule has 0 saturated carbocycles. The Hall–Kier alpha value is -0.233. The molecule has 0 fully saturated rings. The molecule has 14 heteroatoms. The van der Waals surface area contributed by atoms with Gasteiger partial charge in [-0.05, 0) is 11.8 Å². The number of phosphoric ester groups is 1. The predicted molar refractivity (Wildman–Crippen MR) is 141 cm³/mol. The van der Waals surface area contributed by atoms with Gasteiger partial charge >= 0.3 is 27.5 Å². The average Bonchev–Trinajstić information content (AvgIpc) is 2.79. The van der Waals surface area contributed by atoms with E-state index in [9.17, 15) is 28.4 Å². The number of hydrogen-bond donors (Lipinski definition) is 2. The molecule has 1 unspecified atom stereocenters. The van der Waals surface area contributed by atoms with Crippen LogP contribution in [0, 0.1) is 5.41 Å². The van der Waals surface area contributed by atoms with Gasteiger partial charge < -0.3 is 20.1 Å². The quantitative estimate of drug-likeness (QED) is 0.106. The van der Waals surface area contributed by atoms with Crippen LogP contribution < -0.4 is 34.4 Å². The molecule has 210 valence electrons. The van der Waals surface area contributed by atoms with Crippen LogP contribution in [-0.4, -0.2) is 42.4 Å². The molecule has 2 N–H and O–H groups in total. The SMILES string of the molecule is CCCCCCCCCCCC(=O)SCCNC(=O)CCNC(=O)CC(C)(C)COP(=O)([O-])OP=O.[Li+]. The van der Waals surface area contributed by atoms with Crippen molar-refractivity contribution in [1.29, 1.82) is 0 Å². The third-order valence-corrected chi connectivity index (χ3v) is 7.68. The van der Waals surface area contributed by atoms with E-state index in [2.05, 4.69) is 26.4 Å². The van der Waals surface area contributed by atoms with Crippen LogP contribution in [0.2, 0.25) is 0 Å². The van der Waals surface area contributed by atoms with Crippen LogP contribution in [0.1, 0.15) is 97.8 Å². The van der Waals surface area contributed by atoms with E-state index in [-0.39, 0.29) is 61.8 Å². The molecule has 0 bridgehead atoms. The molecule has 0 aliphatic rings. The monoisotopic (exact) mass is 576 g/mol. The molecule has 0 radical (unpaired) electrons. The minimum absolute atomic E-state index is 0. The van der Waals surface area contributed by atoms with Crippen molar-refractivity contribution in [2.45, 2.75) is 97.8 Å². The van der Waals surface area contributed by atoms with Gasteiger partial charge in [0, 0.05) is 38.1 Å². The first kappa shape index (κ1) is 38.9. The van der Waals surface area contributed by atoms with Gasteiger partial charge in [0.05, 0.1) is 6.61 Å². The number of carbonyl (C=O) groups is 3. The second kappa shape index (κ2) is 23.6. The van der Waals surface area contributed by atoms with Crippen LogP contribution in [0.3, 0.4) is 0 Å². The summed E-state index contributed by atoms with van der Waals surface area (Å²) in [6.07, 6.45) is 11.5. The van der Waals surface area contributed by atoms with Gasteiger partial charge in [-0.15, -0.1) is 0 Å². The number of carbonyl (C=O) groups excluding carboxylic acids is 3. The van der Waals surface area contributed by atoms with E-state index in [0.29, 0.717) is 18.7 Å². The van der Waals surface area contributed by atoms with Gasteiger partial charge in [0.2, 0.25) is 11.8 Å². The molecule has 0 saturated heterocycles. The summed E-state index contributed by atoms with van der Waals surface area (Å²) >= 11 is 1.24. The van der Waals surface area contributed by atoms with Crippen molar-refractivity contribution in [2.24, 2.45) is 5.41 Å². The number of rotatable bonds is 23. The number of thioether (sulfide) groups is 1. The van der Waals surface area contributed by atoms with Crippen molar-refractivity contribution in [1.82, 2.24) is 10.6 Å². The van der Waals surface area contributed by atoms with E-state index in [1.54, 1.807) is 13.8 Å². The van der Waals surface area contributed by atoms with Crippen LogP contribution in [0.4, 0.5) is 0 Å². The molecule has 0 aromatic rings. The van der Waals surface area contributed by atoms with Crippen molar-refractivity contribution in [3.63, 3.8) is 0 Å². The van der Waals surface area contributed by atoms with Gasteiger partial charge in [-0.25, -0.2) is 8.88 Å². The summed E-state index contributed by atoms with van der Waals surface area (Å²) in [6.45, 7) is 5.65. The Morgan fingerprint density at radius 3 is 2.08 bits per heavy atom. The summed E-state index contributed by atoms with van der Waals surface area (Å²) < 4.78 is 30.0. The standard InChI is InChI=1S/C23H44N2O8P2S.Li/c1-4-5-6-7-8-9-10-11-12-13-22(28)36-17-16-25-20(26)14-15-24-21(27)18-23(2,3)19-32-35(30,31)33-34-29;/h4-19H2,1-3H3,(H,24,27)(H,25,26)(H,30,31);/q;+1/p-1. The zero-order valence-corrected chi connectivity index (χ0v) is 25.5. The maximum Gasteiger partial charge on any atom is 1.00 e. The van der Waals surface area contributed by atoms with Crippen molar-refractivity contribution in [3.8, 4) is 0 Å². The van der Waals surface area contributed by atoms with Gasteiger partial charge in [0.15, 0.2) is 5.12 Å². The number of phosphoric acid groups is 1. The second-order valence-electron chi connectivity index (χ2n) is 9.47. The Kier molecular flexibility index (Phi) is 24.9. The summed E-state index contributed by atoms with van der Waals surface area (Å²) in [5.74, 6) is -0.0782. The van der Waals surface area contributed by atoms with Gasteiger partial charge in [-0.1, -0.05) is 83.9 Å². The normalized spacial score (nSPS) is 13.0. The van der Waals surface area contributed by atoms with Gasteiger partial charge in [0.25, 0.3) is 7.82 Å². The molecule has 0 aromatic carbocycles. The zero-order chi connectivity index (χ0) is 27.3. The summed E-state index contributed by atoms with van der Waals surface area (Å²) in [5, 5.41) is 5.48. The maximum absolute atomic E-state index is 12.1. The van der Waals surface area contributed by atoms with E-state index in [4.69, 9.17) is 0 Å². The van der Waals surface area contributed by atoms with Crippen LogP contribution in [-0.2, 0) is 32.3 Å². The fourth-order valence-corrected chi connectivity index (χ4v) is 5.02. The third kappa shape index (κ3) is 25.8. The summed E-state index contributed by atoms with van der Waals surface area (Å²) in [5.41, 5.74) is -0.826. The Balaban J connectivity index is 0. The Bertz CT molecular complexity index is 716. The van der Waals surface area contributed by atoms with Crippen molar-refractivity contribution < 1.29 is 56.1 Å². The van der Waals surface area contributed by atoms with Crippen molar-refractivity contribution in [2.75, 3.05) is 25.4 Å². The maximum atomic E-state index is 12.1. The topological polar surface area (TPSA) is 151 Å². The fourth-order valence-electron chi connectivity index (χ4n) is 3.28. The smallest absolute Gasteiger partial charge is 0.756 e. The van der Waals surface area contributed by atoms with Crippen LogP contribution in [0.5, 0.6) is 0 Å². The molecule has 37 heavy (non-hydrogen) atoms. The van der Waals surface area contributed by atoms with E-state index in [1.807, 2.05) is 0 Å². The van der Waals surface area contributed by atoms with Crippen LogP contribution in [0.15, 0.2) is 0 Å². The van der Waals surface area contributed by atoms with Crippen molar-refractivity contribution >= 4 is 45.2 Å². The largest absolute Gasteiger partial charge is 1.00 e. The number of unbranched alkanes of at least 4 members (excludes halogenated alkanes) is 8. The third-order valence-electron chi connectivity index (χ3n) is 5.23. The zero-order valence-electron chi connectivity index (χ0n) is 22.9. The first-order valence-electron chi connectivity index (χ1n) is 12.7. The molecule has 0 spiro atoms. The molecule has 0 rings (SSSR count). The predicted octanol–water partition coefficient (Wildman–Crippen LogP) is 1.92. The van der Waals surface area contributed by atoms with Gasteiger partial charge in [-0.2, -0.15) is 0 Å². The molecule has 1 atom stereocenters. The summed E-state index contributed by atoms with van der Waals surface area (Å²) in [6, 6.07) is 0. The molecular weight excluding hydrogens is 533 g/mol. The summed E-state index contributed by atoms with van der Waals surface area (Å²) in [4.78, 5) is 47.2. The van der Waals surface area contributed by atoms with E-state index >= 15 is 0 Å². The van der Waals surface area contributed by atoms with E-state index in [0.717, 1.165) is 12.8 Å². The van der Waals surface area contributed by atoms with Crippen LogP contribution >= 0.6 is 28.3 Å². The number of hydrogen-bond acceptors (Lipinski definition) is 9. The number of amides is 2. The Morgan fingerprint density at radius 1 is 0.919 bits per heavy atom. The number of nitrogens with one attached hydrogen (secondary N) is 2. The molecule has 2 amide bonds. The van der Waals surface area contributed by atoms with Crippen LogP contribution in [0.25, 0.3) is 0 Å². The average molecular weight is 577 g/mol. The van der Waals surface area contributed by atoms with Gasteiger partial charge in [0.1, 0.15) is 0 Å². The fraction of sp³-hybridized carbons (Fsp3) is 0.870. The molecular formula is C23H43LiN2O8P2S. The molecule has 0 aliphatic carbocycles. The van der Waals surface area contributed by atoms with E-state index in [1.165, 1.54) is 56.7 Å². The Morgan fingerprint density at radius 2 is 1.49 bits per heavy atom. The minimum Gasteiger partial charge on any atom is -0.756 e. The van der Waals surface area contributed by atoms with Crippen molar-refractivity contribution in [3.05, 3.63) is 0 Å².